The van der Waals surface area contributed by atoms with Crippen LogP contribution in [-0.4, -0.2) is 31.0 Å². The Morgan fingerprint density at radius 2 is 1.78 bits per heavy atom. The third kappa shape index (κ3) is 3.65. The zero-order valence-electron chi connectivity index (χ0n) is 20.0. The number of Topliss-reactive ketones (excluding diaryl/α,β-unsaturated/α-hetero) is 1. The normalized spacial score (nSPS) is 17.2. The molecule has 0 bridgehead atoms. The van der Waals surface area contributed by atoms with Gasteiger partial charge in [0.1, 0.15) is 11.5 Å². The highest BCUT2D eigenvalue weighted by Gasteiger charge is 2.39. The van der Waals surface area contributed by atoms with Gasteiger partial charge in [-0.1, -0.05) is 30.3 Å². The van der Waals surface area contributed by atoms with Gasteiger partial charge in [-0.25, -0.2) is 0 Å². The molecule has 3 aromatic carbocycles. The van der Waals surface area contributed by atoms with Crippen molar-refractivity contribution in [3.05, 3.63) is 99.0 Å². The van der Waals surface area contributed by atoms with E-state index in [1.807, 2.05) is 24.3 Å². The fourth-order valence-corrected chi connectivity index (χ4v) is 4.96. The summed E-state index contributed by atoms with van der Waals surface area (Å²) in [5.41, 5.74) is 2.19. The number of hydrogen-bond donors (Lipinski definition) is 1. The van der Waals surface area contributed by atoms with Gasteiger partial charge in [-0.2, -0.15) is 0 Å². The molecule has 1 N–H and O–H groups in total. The number of carbonyl (C=O) groups excluding carboxylic acids is 2. The SMILES string of the molecule is COc1cccc(/C=C2\Oc3c(ccc4c3[C@H](c3cc5ccccc5[nH]c3=O)CC(=O)O4)C2=O)c1OC. The molecule has 1 aromatic heterocycles. The number of aromatic amines is 1. The van der Waals surface area contributed by atoms with Crippen molar-refractivity contribution in [1.82, 2.24) is 4.98 Å². The number of para-hydroxylation sites is 2. The van der Waals surface area contributed by atoms with Crippen molar-refractivity contribution in [3.8, 4) is 23.0 Å². The highest BCUT2D eigenvalue weighted by atomic mass is 16.5. The molecule has 0 spiro atoms. The summed E-state index contributed by atoms with van der Waals surface area (Å²) in [6.07, 6.45) is 1.52. The molecule has 2 aliphatic rings. The first-order valence-electron chi connectivity index (χ1n) is 11.6. The fraction of sp³-hybridized carbons (Fsp3) is 0.138. The third-order valence-corrected chi connectivity index (χ3v) is 6.66. The number of ether oxygens (including phenoxy) is 4. The van der Waals surface area contributed by atoms with E-state index < -0.39 is 11.9 Å². The molecule has 0 aliphatic carbocycles. The molecule has 8 nitrogen and oxygen atoms in total. The second kappa shape index (κ2) is 8.67. The molecule has 0 unspecified atom stereocenters. The highest BCUT2D eigenvalue weighted by Crippen LogP contribution is 2.49. The number of nitrogens with one attached hydrogen (secondary N) is 1. The van der Waals surface area contributed by atoms with Crippen LogP contribution in [0.1, 0.15) is 39.4 Å². The summed E-state index contributed by atoms with van der Waals surface area (Å²) in [7, 11) is 3.05. The van der Waals surface area contributed by atoms with Gasteiger partial charge in [0.2, 0.25) is 5.78 Å². The lowest BCUT2D eigenvalue weighted by atomic mass is 9.85. The monoisotopic (exact) mass is 495 g/mol. The Labute approximate surface area is 211 Å². The Morgan fingerprint density at radius 3 is 2.59 bits per heavy atom. The summed E-state index contributed by atoms with van der Waals surface area (Å²) in [6.45, 7) is 0. The summed E-state index contributed by atoms with van der Waals surface area (Å²) in [6, 6.07) is 17.6. The van der Waals surface area contributed by atoms with Crippen LogP contribution in [0, 0.1) is 0 Å². The Kier molecular flexibility index (Phi) is 5.30. The molecule has 1 atom stereocenters. The smallest absolute Gasteiger partial charge is 0.312 e. The van der Waals surface area contributed by atoms with Crippen LogP contribution in [0.5, 0.6) is 23.0 Å². The zero-order valence-corrected chi connectivity index (χ0v) is 20.0. The van der Waals surface area contributed by atoms with Crippen LogP contribution in [0.2, 0.25) is 0 Å². The number of aromatic nitrogens is 1. The Hall–Kier alpha value is -4.85. The molecule has 0 amide bonds. The van der Waals surface area contributed by atoms with Crippen LogP contribution in [0.25, 0.3) is 17.0 Å². The van der Waals surface area contributed by atoms with Gasteiger partial charge in [-0.15, -0.1) is 0 Å². The molecular weight excluding hydrogens is 474 g/mol. The molecule has 3 heterocycles. The number of rotatable bonds is 4. The Balaban J connectivity index is 1.49. The predicted molar refractivity (Wildman–Crippen MR) is 136 cm³/mol. The van der Waals surface area contributed by atoms with Gasteiger partial charge in [-0.05, 0) is 41.8 Å². The molecule has 0 radical (unpaired) electrons. The minimum atomic E-state index is -0.655. The van der Waals surface area contributed by atoms with Crippen LogP contribution in [0.15, 0.2) is 71.2 Å². The van der Waals surface area contributed by atoms with Gasteiger partial charge in [0.05, 0.1) is 26.2 Å². The van der Waals surface area contributed by atoms with Crippen molar-refractivity contribution < 1.29 is 28.5 Å². The van der Waals surface area contributed by atoms with Crippen molar-refractivity contribution in [2.24, 2.45) is 0 Å². The van der Waals surface area contributed by atoms with E-state index in [0.717, 1.165) is 5.39 Å². The van der Waals surface area contributed by atoms with E-state index >= 15 is 0 Å². The number of pyridine rings is 1. The van der Waals surface area contributed by atoms with Gasteiger partial charge in [-0.3, -0.25) is 14.4 Å². The van der Waals surface area contributed by atoms with E-state index in [-0.39, 0.29) is 35.0 Å². The number of H-pyrrole nitrogens is 1. The van der Waals surface area contributed by atoms with Gasteiger partial charge in [0, 0.05) is 28.1 Å². The van der Waals surface area contributed by atoms with Gasteiger partial charge >= 0.3 is 5.97 Å². The van der Waals surface area contributed by atoms with Crippen LogP contribution in [-0.2, 0) is 4.79 Å². The average Bonchev–Trinajstić information content (AvgIpc) is 3.22. The second-order valence-corrected chi connectivity index (χ2v) is 8.75. The third-order valence-electron chi connectivity index (χ3n) is 6.66. The van der Waals surface area contributed by atoms with E-state index in [1.165, 1.54) is 14.2 Å². The summed E-state index contributed by atoms with van der Waals surface area (Å²) in [5, 5.41) is 0.827. The molecule has 6 rings (SSSR count). The molecule has 8 heteroatoms. The number of fused-ring (bicyclic) bond motifs is 4. The van der Waals surface area contributed by atoms with Crippen molar-refractivity contribution in [1.29, 1.82) is 0 Å². The Bertz CT molecular complexity index is 1700. The number of carbonyl (C=O) groups is 2. The first-order valence-corrected chi connectivity index (χ1v) is 11.6. The molecule has 0 saturated heterocycles. The number of allylic oxidation sites excluding steroid dienone is 1. The molecule has 2 aliphatic heterocycles. The summed E-state index contributed by atoms with van der Waals surface area (Å²) in [5.74, 6) is 0.148. The van der Waals surface area contributed by atoms with Crippen LogP contribution in [0.3, 0.4) is 0 Å². The minimum Gasteiger partial charge on any atom is -0.493 e. The van der Waals surface area contributed by atoms with Crippen LogP contribution < -0.4 is 24.5 Å². The van der Waals surface area contributed by atoms with E-state index in [1.54, 1.807) is 42.5 Å². The topological polar surface area (TPSA) is 104 Å². The van der Waals surface area contributed by atoms with E-state index in [4.69, 9.17) is 18.9 Å². The minimum absolute atomic E-state index is 0.0643. The summed E-state index contributed by atoms with van der Waals surface area (Å²) < 4.78 is 22.5. The van der Waals surface area contributed by atoms with E-state index in [0.29, 0.717) is 39.3 Å². The predicted octanol–water partition coefficient (Wildman–Crippen LogP) is 4.60. The number of benzene rings is 3. The van der Waals surface area contributed by atoms with E-state index in [2.05, 4.69) is 4.98 Å². The van der Waals surface area contributed by atoms with Crippen molar-refractivity contribution in [3.63, 3.8) is 0 Å². The van der Waals surface area contributed by atoms with Crippen molar-refractivity contribution in [2.45, 2.75) is 12.3 Å². The number of hydrogen-bond acceptors (Lipinski definition) is 7. The van der Waals surface area contributed by atoms with Crippen molar-refractivity contribution in [2.75, 3.05) is 14.2 Å². The quantitative estimate of drug-likeness (QED) is 0.251. The summed E-state index contributed by atoms with van der Waals surface area (Å²) >= 11 is 0. The standard InChI is InChI=1S/C29H21NO7/c1-34-22-9-5-7-16(27(22)35-2)13-23-26(32)17-10-11-21-25(28(17)37-23)18(14-24(31)36-21)19-12-15-6-3-4-8-20(15)30-29(19)33/h3-13,18H,14H2,1-2H3,(H,30,33)/b23-13-/t18-/m0/s1. The van der Waals surface area contributed by atoms with Gasteiger partial charge in [0.25, 0.3) is 5.56 Å². The highest BCUT2D eigenvalue weighted by molar-refractivity contribution is 6.15. The second-order valence-electron chi connectivity index (χ2n) is 8.75. The van der Waals surface area contributed by atoms with Gasteiger partial charge < -0.3 is 23.9 Å². The number of esters is 1. The number of methoxy groups -OCH3 is 2. The Morgan fingerprint density at radius 1 is 0.946 bits per heavy atom. The van der Waals surface area contributed by atoms with Crippen LogP contribution >= 0.6 is 0 Å². The van der Waals surface area contributed by atoms with Crippen molar-refractivity contribution >= 4 is 28.7 Å². The maximum Gasteiger partial charge on any atom is 0.312 e. The maximum atomic E-state index is 13.3. The molecule has 0 saturated carbocycles. The fourth-order valence-electron chi connectivity index (χ4n) is 4.96. The van der Waals surface area contributed by atoms with Gasteiger partial charge in [0.15, 0.2) is 17.3 Å². The molecule has 0 fully saturated rings. The molecule has 184 valence electrons. The average molecular weight is 495 g/mol. The molecule has 4 aromatic rings. The lowest BCUT2D eigenvalue weighted by Crippen LogP contribution is -2.26. The zero-order chi connectivity index (χ0) is 25.7. The largest absolute Gasteiger partial charge is 0.493 e. The maximum absolute atomic E-state index is 13.3. The first kappa shape index (κ1) is 22.6. The van der Waals surface area contributed by atoms with E-state index in [9.17, 15) is 14.4 Å². The van der Waals surface area contributed by atoms with Crippen LogP contribution in [0.4, 0.5) is 0 Å². The number of ketones is 1. The molecule has 37 heavy (non-hydrogen) atoms. The summed E-state index contributed by atoms with van der Waals surface area (Å²) in [4.78, 5) is 41.8. The lowest BCUT2D eigenvalue weighted by molar-refractivity contribution is -0.135. The lowest BCUT2D eigenvalue weighted by Gasteiger charge is -2.26. The first-order chi connectivity index (χ1) is 18.0. The molecular formula is C29H21NO7.